The van der Waals surface area contributed by atoms with Crippen molar-refractivity contribution < 1.29 is 4.74 Å². The van der Waals surface area contributed by atoms with Crippen LogP contribution in [0.3, 0.4) is 0 Å². The first-order chi connectivity index (χ1) is 8.67. The molecule has 0 saturated heterocycles. The molecule has 1 unspecified atom stereocenters. The molecule has 2 rings (SSSR count). The van der Waals surface area contributed by atoms with Crippen LogP contribution in [0.15, 0.2) is 16.7 Å². The van der Waals surface area contributed by atoms with Crippen molar-refractivity contribution in [1.82, 2.24) is 14.5 Å². The number of pyridine rings is 1. The maximum atomic E-state index is 5.97. The Kier molecular flexibility index (Phi) is 4.59. The Bertz CT molecular complexity index is 543. The molecule has 0 saturated carbocycles. The van der Waals surface area contributed by atoms with Crippen LogP contribution in [0.5, 0.6) is 0 Å². The normalized spacial score (nSPS) is 13.1. The molecule has 0 aromatic carbocycles. The van der Waals surface area contributed by atoms with Crippen LogP contribution in [0.4, 0.5) is 0 Å². The molecule has 18 heavy (non-hydrogen) atoms. The molecular formula is C12H15BrClN3O. The van der Waals surface area contributed by atoms with Crippen molar-refractivity contribution in [1.29, 1.82) is 0 Å². The van der Waals surface area contributed by atoms with Crippen LogP contribution in [0, 0.1) is 0 Å². The SMILES string of the molecule is COCCC(C)n1c(CCl)nc2cc(Br)cnc21. The van der Waals surface area contributed by atoms with E-state index in [9.17, 15) is 0 Å². The number of halogens is 2. The van der Waals surface area contributed by atoms with Gasteiger partial charge < -0.3 is 9.30 Å². The first kappa shape index (κ1) is 13.8. The van der Waals surface area contributed by atoms with Crippen LogP contribution in [-0.2, 0) is 10.6 Å². The van der Waals surface area contributed by atoms with Gasteiger partial charge in [0.1, 0.15) is 11.3 Å². The van der Waals surface area contributed by atoms with E-state index in [-0.39, 0.29) is 6.04 Å². The van der Waals surface area contributed by atoms with Crippen molar-refractivity contribution in [3.8, 4) is 0 Å². The summed E-state index contributed by atoms with van der Waals surface area (Å²) in [6, 6.07) is 2.22. The number of alkyl halides is 1. The number of aromatic nitrogens is 3. The molecule has 2 aromatic heterocycles. The summed E-state index contributed by atoms with van der Waals surface area (Å²) in [6.07, 6.45) is 2.69. The van der Waals surface area contributed by atoms with Crippen LogP contribution in [0.1, 0.15) is 25.2 Å². The van der Waals surface area contributed by atoms with Gasteiger partial charge in [0.25, 0.3) is 0 Å². The van der Waals surface area contributed by atoms with Gasteiger partial charge in [0.2, 0.25) is 0 Å². The second-order valence-corrected chi connectivity index (χ2v) is 5.34. The van der Waals surface area contributed by atoms with Crippen molar-refractivity contribution in [2.45, 2.75) is 25.3 Å². The second-order valence-electron chi connectivity index (χ2n) is 4.16. The molecule has 6 heteroatoms. The number of imidazole rings is 1. The Balaban J connectivity index is 2.46. The summed E-state index contributed by atoms with van der Waals surface area (Å²) in [5.74, 6) is 1.23. The van der Waals surface area contributed by atoms with Crippen LogP contribution in [0.25, 0.3) is 11.2 Å². The summed E-state index contributed by atoms with van der Waals surface area (Å²) in [6.45, 7) is 2.83. The summed E-state index contributed by atoms with van der Waals surface area (Å²) in [7, 11) is 1.70. The van der Waals surface area contributed by atoms with E-state index in [2.05, 4.69) is 37.4 Å². The quantitative estimate of drug-likeness (QED) is 0.786. The summed E-state index contributed by atoms with van der Waals surface area (Å²) < 4.78 is 8.13. The van der Waals surface area contributed by atoms with Crippen molar-refractivity contribution in [2.24, 2.45) is 0 Å². The molecule has 2 aromatic rings. The highest BCUT2D eigenvalue weighted by Crippen LogP contribution is 2.24. The maximum Gasteiger partial charge on any atom is 0.160 e. The highest BCUT2D eigenvalue weighted by molar-refractivity contribution is 9.10. The van der Waals surface area contributed by atoms with E-state index in [0.29, 0.717) is 12.5 Å². The Hall–Kier alpha value is -0.650. The lowest BCUT2D eigenvalue weighted by molar-refractivity contribution is 0.181. The standard InChI is InChI=1S/C12H15BrClN3O/c1-8(3-4-18-2)17-11(6-14)16-10-5-9(13)7-15-12(10)17/h5,7-8H,3-4,6H2,1-2H3. The zero-order chi connectivity index (χ0) is 13.1. The number of nitrogens with zero attached hydrogens (tertiary/aromatic N) is 3. The van der Waals surface area contributed by atoms with Gasteiger partial charge in [0.05, 0.1) is 5.88 Å². The molecule has 0 radical (unpaired) electrons. The second kappa shape index (κ2) is 5.99. The van der Waals surface area contributed by atoms with Gasteiger partial charge >= 0.3 is 0 Å². The van der Waals surface area contributed by atoms with Gasteiger partial charge in [-0.3, -0.25) is 0 Å². The van der Waals surface area contributed by atoms with Crippen molar-refractivity contribution in [3.63, 3.8) is 0 Å². The molecule has 0 fully saturated rings. The third kappa shape index (κ3) is 2.68. The summed E-state index contributed by atoms with van der Waals surface area (Å²) in [4.78, 5) is 8.95. The molecule has 0 amide bonds. The minimum absolute atomic E-state index is 0.261. The Morgan fingerprint density at radius 1 is 1.56 bits per heavy atom. The van der Waals surface area contributed by atoms with Crippen LogP contribution in [0.2, 0.25) is 0 Å². The largest absolute Gasteiger partial charge is 0.385 e. The molecule has 4 nitrogen and oxygen atoms in total. The molecule has 98 valence electrons. The van der Waals surface area contributed by atoms with Gasteiger partial charge in [-0.15, -0.1) is 11.6 Å². The van der Waals surface area contributed by atoms with Crippen LogP contribution >= 0.6 is 27.5 Å². The number of methoxy groups -OCH3 is 1. The monoisotopic (exact) mass is 331 g/mol. The van der Waals surface area contributed by atoms with E-state index in [1.807, 2.05) is 6.07 Å². The van der Waals surface area contributed by atoms with Gasteiger partial charge in [0.15, 0.2) is 5.65 Å². The van der Waals surface area contributed by atoms with Gasteiger partial charge in [0, 0.05) is 30.4 Å². The van der Waals surface area contributed by atoms with Crippen molar-refractivity contribution >= 4 is 38.7 Å². The molecule has 2 heterocycles. The van der Waals surface area contributed by atoms with E-state index >= 15 is 0 Å². The Labute approximate surface area is 119 Å². The lowest BCUT2D eigenvalue weighted by atomic mass is 10.2. The molecule has 0 spiro atoms. The molecule has 0 aliphatic carbocycles. The fourth-order valence-electron chi connectivity index (χ4n) is 1.98. The molecule has 0 bridgehead atoms. The van der Waals surface area contributed by atoms with E-state index < -0.39 is 0 Å². The first-order valence-electron chi connectivity index (χ1n) is 5.74. The fourth-order valence-corrected chi connectivity index (χ4v) is 2.49. The van der Waals surface area contributed by atoms with Gasteiger partial charge in [-0.2, -0.15) is 0 Å². The van der Waals surface area contributed by atoms with E-state index in [4.69, 9.17) is 16.3 Å². The summed E-state index contributed by atoms with van der Waals surface area (Å²) in [5, 5.41) is 0. The Morgan fingerprint density at radius 2 is 2.33 bits per heavy atom. The molecule has 1 atom stereocenters. The first-order valence-corrected chi connectivity index (χ1v) is 7.07. The lowest BCUT2D eigenvalue weighted by Gasteiger charge is -2.15. The van der Waals surface area contributed by atoms with Gasteiger partial charge in [-0.1, -0.05) is 0 Å². The zero-order valence-electron chi connectivity index (χ0n) is 10.4. The fraction of sp³-hybridized carbons (Fsp3) is 0.500. The predicted molar refractivity (Wildman–Crippen MR) is 76.0 cm³/mol. The number of hydrogen-bond donors (Lipinski definition) is 0. The van der Waals surface area contributed by atoms with Crippen molar-refractivity contribution in [2.75, 3.05) is 13.7 Å². The average molecular weight is 333 g/mol. The number of ether oxygens (including phenoxy) is 1. The van der Waals surface area contributed by atoms with E-state index in [0.717, 1.165) is 27.9 Å². The minimum atomic E-state index is 0.261. The molecule has 0 aliphatic rings. The number of fused-ring (bicyclic) bond motifs is 1. The van der Waals surface area contributed by atoms with Crippen LogP contribution in [-0.4, -0.2) is 28.3 Å². The molecular weight excluding hydrogens is 318 g/mol. The number of rotatable bonds is 5. The average Bonchev–Trinajstić information content (AvgIpc) is 2.73. The van der Waals surface area contributed by atoms with Gasteiger partial charge in [-0.05, 0) is 35.3 Å². The molecule has 0 N–H and O–H groups in total. The lowest BCUT2D eigenvalue weighted by Crippen LogP contribution is -2.11. The summed E-state index contributed by atoms with van der Waals surface area (Å²) in [5.41, 5.74) is 1.74. The topological polar surface area (TPSA) is 39.9 Å². The third-order valence-corrected chi connectivity index (χ3v) is 3.54. The van der Waals surface area contributed by atoms with Gasteiger partial charge in [-0.25, -0.2) is 9.97 Å². The predicted octanol–water partition coefficient (Wildman–Crippen LogP) is 3.53. The highest BCUT2D eigenvalue weighted by Gasteiger charge is 2.16. The highest BCUT2D eigenvalue weighted by atomic mass is 79.9. The third-order valence-electron chi connectivity index (χ3n) is 2.87. The zero-order valence-corrected chi connectivity index (χ0v) is 12.7. The maximum absolute atomic E-state index is 5.97. The van der Waals surface area contributed by atoms with E-state index in [1.165, 1.54) is 0 Å². The Morgan fingerprint density at radius 3 is 3.00 bits per heavy atom. The van der Waals surface area contributed by atoms with Crippen LogP contribution < -0.4 is 0 Å². The minimum Gasteiger partial charge on any atom is -0.385 e. The number of hydrogen-bond acceptors (Lipinski definition) is 3. The van der Waals surface area contributed by atoms with E-state index in [1.54, 1.807) is 13.3 Å². The summed E-state index contributed by atoms with van der Waals surface area (Å²) >= 11 is 9.37. The smallest absolute Gasteiger partial charge is 0.160 e. The molecule has 0 aliphatic heterocycles. The van der Waals surface area contributed by atoms with Crippen molar-refractivity contribution in [3.05, 3.63) is 22.6 Å².